The Labute approximate surface area is 117 Å². The fraction of sp³-hybridized carbons (Fsp3) is 0.286. The van der Waals surface area contributed by atoms with Crippen LogP contribution in [0.1, 0.15) is 19.2 Å². The van der Waals surface area contributed by atoms with E-state index in [9.17, 15) is 0 Å². The largest absolute Gasteiger partial charge is 0.384 e. The lowest BCUT2D eigenvalue weighted by Crippen LogP contribution is -2.03. The molecule has 0 aliphatic carbocycles. The lowest BCUT2D eigenvalue weighted by Gasteiger charge is -2.11. The lowest BCUT2D eigenvalue weighted by atomic mass is 10.3. The number of para-hydroxylation sites is 1. The molecule has 1 heterocycles. The van der Waals surface area contributed by atoms with Crippen LogP contribution >= 0.6 is 11.8 Å². The summed E-state index contributed by atoms with van der Waals surface area (Å²) in [4.78, 5) is 9.89. The van der Waals surface area contributed by atoms with Gasteiger partial charge in [0.1, 0.15) is 17.5 Å². The zero-order valence-corrected chi connectivity index (χ0v) is 12.0. The van der Waals surface area contributed by atoms with Crippen molar-refractivity contribution in [1.29, 1.82) is 0 Å². The van der Waals surface area contributed by atoms with E-state index in [1.165, 1.54) is 4.90 Å². The second-order valence-corrected chi connectivity index (χ2v) is 5.02. The number of nitrogens with two attached hydrogens (primary N) is 1. The highest BCUT2D eigenvalue weighted by atomic mass is 32.2. The number of anilines is 3. The summed E-state index contributed by atoms with van der Waals surface area (Å²) in [6.45, 7) is 2.10. The van der Waals surface area contributed by atoms with Crippen LogP contribution < -0.4 is 11.1 Å². The third kappa shape index (κ3) is 3.61. The van der Waals surface area contributed by atoms with Crippen LogP contribution in [0.5, 0.6) is 0 Å². The molecule has 2 aromatic rings. The average molecular weight is 274 g/mol. The van der Waals surface area contributed by atoms with Gasteiger partial charge < -0.3 is 11.1 Å². The van der Waals surface area contributed by atoms with Crippen molar-refractivity contribution >= 4 is 29.1 Å². The van der Waals surface area contributed by atoms with E-state index in [2.05, 4.69) is 34.5 Å². The Morgan fingerprint density at radius 2 is 2.05 bits per heavy atom. The van der Waals surface area contributed by atoms with Gasteiger partial charge in [-0.05, 0) is 24.8 Å². The molecule has 0 unspecified atom stereocenters. The summed E-state index contributed by atoms with van der Waals surface area (Å²) in [5, 5.41) is 3.31. The fourth-order valence-electron chi connectivity index (χ4n) is 1.80. The monoisotopic (exact) mass is 274 g/mol. The Hall–Kier alpha value is -1.75. The van der Waals surface area contributed by atoms with Crippen molar-refractivity contribution in [3.63, 3.8) is 0 Å². The molecule has 0 aliphatic heterocycles. The Morgan fingerprint density at radius 1 is 1.26 bits per heavy atom. The molecule has 19 heavy (non-hydrogen) atoms. The molecule has 1 aromatic carbocycles. The highest BCUT2D eigenvalue weighted by Crippen LogP contribution is 2.27. The maximum absolute atomic E-state index is 5.82. The molecule has 0 aliphatic rings. The second kappa shape index (κ2) is 6.43. The molecule has 0 amide bonds. The first-order chi connectivity index (χ1) is 9.22. The molecule has 2 rings (SSSR count). The minimum absolute atomic E-state index is 0.502. The Morgan fingerprint density at radius 3 is 2.79 bits per heavy atom. The summed E-state index contributed by atoms with van der Waals surface area (Å²) in [5.41, 5.74) is 6.86. The Kier molecular flexibility index (Phi) is 4.63. The summed E-state index contributed by atoms with van der Waals surface area (Å²) in [6, 6.07) is 9.89. The number of nitrogen functional groups attached to an aromatic ring is 1. The van der Waals surface area contributed by atoms with Crippen molar-refractivity contribution in [3.05, 3.63) is 36.2 Å². The van der Waals surface area contributed by atoms with E-state index >= 15 is 0 Å². The number of aromatic nitrogens is 2. The molecule has 0 saturated carbocycles. The molecule has 0 spiro atoms. The van der Waals surface area contributed by atoms with Gasteiger partial charge in [0.05, 0.1) is 5.69 Å². The zero-order valence-electron chi connectivity index (χ0n) is 11.2. The van der Waals surface area contributed by atoms with Crippen molar-refractivity contribution in [2.45, 2.75) is 24.7 Å². The number of nitrogens with one attached hydrogen (secondary N) is 1. The zero-order chi connectivity index (χ0) is 13.7. The van der Waals surface area contributed by atoms with Crippen molar-refractivity contribution in [1.82, 2.24) is 9.97 Å². The highest BCUT2D eigenvalue weighted by molar-refractivity contribution is 7.98. The van der Waals surface area contributed by atoms with Crippen LogP contribution in [0.15, 0.2) is 35.2 Å². The first kappa shape index (κ1) is 13.7. The second-order valence-electron chi connectivity index (χ2n) is 4.17. The van der Waals surface area contributed by atoms with Gasteiger partial charge in [0.25, 0.3) is 0 Å². The molecule has 3 N–H and O–H groups in total. The smallest absolute Gasteiger partial charge is 0.136 e. The van der Waals surface area contributed by atoms with E-state index in [4.69, 9.17) is 5.73 Å². The standard InChI is InChI=1S/C14H18N4S/c1-3-6-13-17-12(15)9-14(18-13)16-10-7-4-5-8-11(10)19-2/h4-5,7-9H,3,6H2,1-2H3,(H3,15,16,17,18). The third-order valence-electron chi connectivity index (χ3n) is 2.64. The van der Waals surface area contributed by atoms with E-state index in [1.807, 2.05) is 18.2 Å². The molecule has 0 radical (unpaired) electrons. The predicted octanol–water partition coefficient (Wildman–Crippen LogP) is 3.48. The molecule has 1 aromatic heterocycles. The number of rotatable bonds is 5. The molecule has 0 atom stereocenters. The van der Waals surface area contributed by atoms with Crippen molar-refractivity contribution in [2.24, 2.45) is 0 Å². The quantitative estimate of drug-likeness (QED) is 0.817. The van der Waals surface area contributed by atoms with Gasteiger partial charge in [0.15, 0.2) is 0 Å². The molecule has 5 heteroatoms. The number of hydrogen-bond donors (Lipinski definition) is 2. The summed E-state index contributed by atoms with van der Waals surface area (Å²) < 4.78 is 0. The van der Waals surface area contributed by atoms with Gasteiger partial charge in [0, 0.05) is 17.4 Å². The minimum Gasteiger partial charge on any atom is -0.384 e. The van der Waals surface area contributed by atoms with Gasteiger partial charge in [-0.1, -0.05) is 19.1 Å². The third-order valence-corrected chi connectivity index (χ3v) is 3.43. The molecule has 100 valence electrons. The maximum Gasteiger partial charge on any atom is 0.136 e. The van der Waals surface area contributed by atoms with Crippen molar-refractivity contribution in [3.8, 4) is 0 Å². The number of thioether (sulfide) groups is 1. The number of nitrogens with zero attached hydrogens (tertiary/aromatic N) is 2. The van der Waals surface area contributed by atoms with Crippen LogP contribution in [0.3, 0.4) is 0 Å². The number of benzene rings is 1. The summed E-state index contributed by atoms with van der Waals surface area (Å²) in [5.74, 6) is 2.03. The molecular weight excluding hydrogens is 256 g/mol. The summed E-state index contributed by atoms with van der Waals surface area (Å²) in [6.07, 6.45) is 3.89. The highest BCUT2D eigenvalue weighted by Gasteiger charge is 2.05. The molecule has 0 bridgehead atoms. The van der Waals surface area contributed by atoms with Gasteiger partial charge in [-0.25, -0.2) is 9.97 Å². The molecule has 0 saturated heterocycles. The van der Waals surface area contributed by atoms with Crippen molar-refractivity contribution in [2.75, 3.05) is 17.3 Å². The Balaban J connectivity index is 2.27. The lowest BCUT2D eigenvalue weighted by molar-refractivity contribution is 0.839. The van der Waals surface area contributed by atoms with Crippen LogP contribution in [0.25, 0.3) is 0 Å². The minimum atomic E-state index is 0.502. The molecule has 0 fully saturated rings. The van der Waals surface area contributed by atoms with Gasteiger partial charge in [-0.3, -0.25) is 0 Å². The fourth-order valence-corrected chi connectivity index (χ4v) is 2.36. The van der Waals surface area contributed by atoms with E-state index in [1.54, 1.807) is 17.8 Å². The number of aryl methyl sites for hydroxylation is 1. The first-order valence-electron chi connectivity index (χ1n) is 6.26. The van der Waals surface area contributed by atoms with Gasteiger partial charge in [0.2, 0.25) is 0 Å². The van der Waals surface area contributed by atoms with Crippen LogP contribution in [0.4, 0.5) is 17.3 Å². The molecular formula is C14H18N4S. The van der Waals surface area contributed by atoms with Gasteiger partial charge in [-0.15, -0.1) is 11.8 Å². The average Bonchev–Trinajstić information content (AvgIpc) is 2.39. The maximum atomic E-state index is 5.82. The van der Waals surface area contributed by atoms with E-state index in [0.29, 0.717) is 5.82 Å². The predicted molar refractivity (Wildman–Crippen MR) is 81.9 cm³/mol. The van der Waals surface area contributed by atoms with Gasteiger partial charge >= 0.3 is 0 Å². The topological polar surface area (TPSA) is 63.8 Å². The molecule has 4 nitrogen and oxygen atoms in total. The van der Waals surface area contributed by atoms with Crippen LogP contribution in [0.2, 0.25) is 0 Å². The summed E-state index contributed by atoms with van der Waals surface area (Å²) in [7, 11) is 0. The summed E-state index contributed by atoms with van der Waals surface area (Å²) >= 11 is 1.70. The van der Waals surface area contributed by atoms with Crippen LogP contribution in [-0.4, -0.2) is 16.2 Å². The van der Waals surface area contributed by atoms with E-state index < -0.39 is 0 Å². The normalized spacial score (nSPS) is 10.4. The number of hydrogen-bond acceptors (Lipinski definition) is 5. The van der Waals surface area contributed by atoms with Crippen LogP contribution in [-0.2, 0) is 6.42 Å². The van der Waals surface area contributed by atoms with Crippen molar-refractivity contribution < 1.29 is 0 Å². The first-order valence-corrected chi connectivity index (χ1v) is 7.49. The van der Waals surface area contributed by atoms with Crippen LogP contribution in [0, 0.1) is 0 Å². The van der Waals surface area contributed by atoms with Gasteiger partial charge in [-0.2, -0.15) is 0 Å². The van der Waals surface area contributed by atoms with E-state index in [-0.39, 0.29) is 0 Å². The SMILES string of the molecule is CCCc1nc(N)cc(Nc2ccccc2SC)n1. The Bertz CT molecular complexity index is 557. The van der Waals surface area contributed by atoms with E-state index in [0.717, 1.165) is 30.2 Å².